The van der Waals surface area contributed by atoms with Crippen LogP contribution in [0.25, 0.3) is 11.0 Å². The van der Waals surface area contributed by atoms with Gasteiger partial charge in [-0.1, -0.05) is 12.1 Å². The third-order valence-electron chi connectivity index (χ3n) is 5.52. The van der Waals surface area contributed by atoms with Gasteiger partial charge in [0.05, 0.1) is 20.9 Å². The zero-order chi connectivity index (χ0) is 23.1. The summed E-state index contributed by atoms with van der Waals surface area (Å²) in [6, 6.07) is 12.0. The number of nitro groups is 1. The molecule has 2 heterocycles. The number of H-pyrrole nitrogens is 1. The van der Waals surface area contributed by atoms with Crippen LogP contribution in [0.15, 0.2) is 47.4 Å². The lowest BCUT2D eigenvalue weighted by Crippen LogP contribution is -2.40. The van der Waals surface area contributed by atoms with E-state index in [1.165, 1.54) is 12.1 Å². The number of hydrogen-bond acceptors (Lipinski definition) is 6. The molecule has 0 spiro atoms. The van der Waals surface area contributed by atoms with E-state index in [-0.39, 0.29) is 16.5 Å². The van der Waals surface area contributed by atoms with Gasteiger partial charge in [-0.05, 0) is 57.9 Å². The minimum Gasteiger partial charge on any atom is -0.366 e. The minimum absolute atomic E-state index is 0.111. The van der Waals surface area contributed by atoms with Crippen LogP contribution >= 0.6 is 0 Å². The highest BCUT2D eigenvalue weighted by atomic mass is 32.2. The largest absolute Gasteiger partial charge is 0.366 e. The first kappa shape index (κ1) is 22.2. The Morgan fingerprint density at radius 3 is 2.47 bits per heavy atom. The molecule has 32 heavy (non-hydrogen) atoms. The molecule has 2 aromatic carbocycles. The molecule has 4 rings (SSSR count). The molecule has 0 amide bonds. The van der Waals surface area contributed by atoms with E-state index < -0.39 is 20.5 Å². The number of imidazole rings is 1. The van der Waals surface area contributed by atoms with Crippen molar-refractivity contribution >= 4 is 32.4 Å². The first-order chi connectivity index (χ1) is 15.0. The second-order valence-electron chi connectivity index (χ2n) is 9.16. The summed E-state index contributed by atoms with van der Waals surface area (Å²) < 4.78 is 27.8. The monoisotopic (exact) mass is 457 g/mol. The standard InChI is InChI=1S/C22H27N5O4S/c1-22(2,3)25-32(30,31)16-8-9-19(20(14-16)27(28)29)26-12-10-15(11-13-26)21-23-17-6-4-5-7-18(17)24-21/h4-9,14-15,25H,10-13H2,1-3H3,(H,23,24). The second-order valence-corrected chi connectivity index (χ2v) is 10.8. The summed E-state index contributed by atoms with van der Waals surface area (Å²) in [6.45, 7) is 6.41. The lowest BCUT2D eigenvalue weighted by Gasteiger charge is -2.32. The van der Waals surface area contributed by atoms with Crippen molar-refractivity contribution in [1.29, 1.82) is 0 Å². The smallest absolute Gasteiger partial charge is 0.293 e. The summed E-state index contributed by atoms with van der Waals surface area (Å²) in [5.41, 5.74) is 1.48. The Hall–Kier alpha value is -2.98. The first-order valence-corrected chi connectivity index (χ1v) is 12.0. The van der Waals surface area contributed by atoms with Gasteiger partial charge in [0.2, 0.25) is 10.0 Å². The van der Waals surface area contributed by atoms with Gasteiger partial charge in [-0.3, -0.25) is 10.1 Å². The molecule has 0 saturated carbocycles. The molecule has 1 aromatic heterocycles. The van der Waals surface area contributed by atoms with Gasteiger partial charge in [-0.15, -0.1) is 0 Å². The molecule has 0 radical (unpaired) electrons. The summed E-state index contributed by atoms with van der Waals surface area (Å²) in [7, 11) is -3.86. The van der Waals surface area contributed by atoms with Crippen molar-refractivity contribution in [3.8, 4) is 0 Å². The summed E-state index contributed by atoms with van der Waals surface area (Å²) in [4.78, 5) is 21.2. The van der Waals surface area contributed by atoms with Gasteiger partial charge >= 0.3 is 0 Å². The van der Waals surface area contributed by atoms with Crippen LogP contribution in [-0.4, -0.2) is 41.9 Å². The normalized spacial score (nSPS) is 15.9. The van der Waals surface area contributed by atoms with Gasteiger partial charge in [0.15, 0.2) is 0 Å². The Morgan fingerprint density at radius 2 is 1.84 bits per heavy atom. The van der Waals surface area contributed by atoms with Crippen LogP contribution in [-0.2, 0) is 10.0 Å². The lowest BCUT2D eigenvalue weighted by molar-refractivity contribution is -0.384. The average Bonchev–Trinajstić information content (AvgIpc) is 3.16. The van der Waals surface area contributed by atoms with E-state index >= 15 is 0 Å². The Bertz CT molecular complexity index is 1220. The van der Waals surface area contributed by atoms with E-state index in [0.29, 0.717) is 18.8 Å². The third kappa shape index (κ3) is 4.61. The van der Waals surface area contributed by atoms with Gasteiger partial charge in [0.25, 0.3) is 5.69 Å². The number of nitrogens with one attached hydrogen (secondary N) is 2. The molecule has 0 unspecified atom stereocenters. The van der Waals surface area contributed by atoms with Gasteiger partial charge in [-0.25, -0.2) is 18.1 Å². The predicted molar refractivity (Wildman–Crippen MR) is 123 cm³/mol. The van der Waals surface area contributed by atoms with Gasteiger partial charge in [-0.2, -0.15) is 0 Å². The lowest BCUT2D eigenvalue weighted by atomic mass is 9.95. The third-order valence-corrected chi connectivity index (χ3v) is 7.28. The number of anilines is 1. The summed E-state index contributed by atoms with van der Waals surface area (Å²) in [6.07, 6.45) is 1.59. The molecule has 0 aliphatic carbocycles. The molecule has 1 aliphatic heterocycles. The highest BCUT2D eigenvalue weighted by Gasteiger charge is 2.30. The van der Waals surface area contributed by atoms with E-state index in [9.17, 15) is 18.5 Å². The number of fused-ring (bicyclic) bond motifs is 1. The number of hydrogen-bond donors (Lipinski definition) is 2. The zero-order valence-corrected chi connectivity index (χ0v) is 19.1. The minimum atomic E-state index is -3.86. The van der Waals surface area contributed by atoms with Crippen LogP contribution in [0.5, 0.6) is 0 Å². The van der Waals surface area contributed by atoms with Crippen molar-refractivity contribution in [2.75, 3.05) is 18.0 Å². The van der Waals surface area contributed by atoms with E-state index in [2.05, 4.69) is 9.71 Å². The highest BCUT2D eigenvalue weighted by molar-refractivity contribution is 7.89. The topological polar surface area (TPSA) is 121 Å². The Labute approximate surface area is 187 Å². The fourth-order valence-electron chi connectivity index (χ4n) is 4.11. The van der Waals surface area contributed by atoms with Gasteiger partial charge in [0, 0.05) is 30.6 Å². The van der Waals surface area contributed by atoms with Crippen molar-refractivity contribution in [3.63, 3.8) is 0 Å². The van der Waals surface area contributed by atoms with E-state index in [4.69, 9.17) is 4.98 Å². The maximum Gasteiger partial charge on any atom is 0.293 e. The predicted octanol–water partition coefficient (Wildman–Crippen LogP) is 3.93. The maximum atomic E-state index is 12.6. The number of benzene rings is 2. The summed E-state index contributed by atoms with van der Waals surface area (Å²) in [5.74, 6) is 1.18. The SMILES string of the molecule is CC(C)(C)NS(=O)(=O)c1ccc(N2CCC(c3nc4ccccc4[nH]3)CC2)c([N+](=O)[O-])c1. The maximum absolute atomic E-state index is 12.6. The van der Waals surface area contributed by atoms with Gasteiger partial charge in [0.1, 0.15) is 11.5 Å². The van der Waals surface area contributed by atoms with Crippen molar-refractivity contribution < 1.29 is 13.3 Å². The molecule has 1 saturated heterocycles. The molecule has 1 aliphatic rings. The van der Waals surface area contributed by atoms with Crippen LogP contribution in [0.4, 0.5) is 11.4 Å². The van der Waals surface area contributed by atoms with Crippen molar-refractivity contribution in [2.45, 2.75) is 50.0 Å². The number of nitrogens with zero attached hydrogens (tertiary/aromatic N) is 3. The summed E-state index contributed by atoms with van der Waals surface area (Å²) in [5, 5.41) is 11.8. The Kier molecular flexibility index (Phi) is 5.68. The molecule has 3 aromatic rings. The number of rotatable bonds is 5. The number of para-hydroxylation sites is 2. The molecule has 9 nitrogen and oxygen atoms in total. The van der Waals surface area contributed by atoms with Crippen molar-refractivity contribution in [1.82, 2.24) is 14.7 Å². The van der Waals surface area contributed by atoms with Crippen LogP contribution in [0, 0.1) is 10.1 Å². The van der Waals surface area contributed by atoms with Crippen molar-refractivity contribution in [3.05, 3.63) is 58.4 Å². The molecular weight excluding hydrogens is 430 g/mol. The molecule has 1 fully saturated rings. The number of aromatic amines is 1. The molecule has 10 heteroatoms. The van der Waals surface area contributed by atoms with Crippen LogP contribution in [0.2, 0.25) is 0 Å². The second kappa shape index (κ2) is 8.18. The van der Waals surface area contributed by atoms with Crippen LogP contribution in [0.1, 0.15) is 45.4 Å². The number of nitro benzene ring substituents is 1. The van der Waals surface area contributed by atoms with E-state index in [1.54, 1.807) is 20.8 Å². The quantitative estimate of drug-likeness (QED) is 0.442. The Morgan fingerprint density at radius 1 is 1.16 bits per heavy atom. The van der Waals surface area contributed by atoms with E-state index in [1.807, 2.05) is 29.2 Å². The fourth-order valence-corrected chi connectivity index (χ4v) is 5.54. The Balaban J connectivity index is 1.54. The van der Waals surface area contributed by atoms with Gasteiger partial charge < -0.3 is 9.88 Å². The van der Waals surface area contributed by atoms with E-state index in [0.717, 1.165) is 35.8 Å². The molecule has 2 N–H and O–H groups in total. The molecule has 170 valence electrons. The van der Waals surface area contributed by atoms with Crippen molar-refractivity contribution in [2.24, 2.45) is 0 Å². The van der Waals surface area contributed by atoms with Crippen LogP contribution in [0.3, 0.4) is 0 Å². The zero-order valence-electron chi connectivity index (χ0n) is 18.3. The van der Waals surface area contributed by atoms with Crippen LogP contribution < -0.4 is 9.62 Å². The highest BCUT2D eigenvalue weighted by Crippen LogP contribution is 2.36. The number of piperidine rings is 1. The fraction of sp³-hybridized carbons (Fsp3) is 0.409. The average molecular weight is 458 g/mol. The molecule has 0 bridgehead atoms. The molecule has 0 atom stereocenters. The number of sulfonamides is 1. The number of aromatic nitrogens is 2. The first-order valence-electron chi connectivity index (χ1n) is 10.6. The summed E-state index contributed by atoms with van der Waals surface area (Å²) >= 11 is 0. The molecular formula is C22H27N5O4S.